The van der Waals surface area contributed by atoms with Gasteiger partial charge in [0.1, 0.15) is 18.0 Å². The number of hydrogen-bond donors (Lipinski definition) is 3. The second-order valence-corrected chi connectivity index (χ2v) is 8.76. The van der Waals surface area contributed by atoms with Gasteiger partial charge >= 0.3 is 7.12 Å². The molecule has 1 aromatic heterocycles. The summed E-state index contributed by atoms with van der Waals surface area (Å²) in [6.07, 6.45) is 5.99. The zero-order chi connectivity index (χ0) is 22.1. The Morgan fingerprint density at radius 2 is 1.94 bits per heavy atom. The lowest BCUT2D eigenvalue weighted by Crippen LogP contribution is -2.42. The van der Waals surface area contributed by atoms with Crippen molar-refractivity contribution in [3.05, 3.63) is 60.1 Å². The van der Waals surface area contributed by atoms with Crippen molar-refractivity contribution in [3.8, 4) is 11.5 Å². The molecule has 1 fully saturated rings. The number of rotatable bonds is 6. The van der Waals surface area contributed by atoms with Gasteiger partial charge in [-0.1, -0.05) is 30.3 Å². The topological polar surface area (TPSA) is 101 Å². The molecule has 2 aromatic carbocycles. The summed E-state index contributed by atoms with van der Waals surface area (Å²) >= 11 is 0. The lowest BCUT2D eigenvalue weighted by Gasteiger charge is -2.35. The Morgan fingerprint density at radius 1 is 1.12 bits per heavy atom. The third-order valence-corrected chi connectivity index (χ3v) is 6.34. The minimum atomic E-state index is -1.58. The highest BCUT2D eigenvalue weighted by atomic mass is 16.6. The van der Waals surface area contributed by atoms with E-state index in [0.717, 1.165) is 47.8 Å². The lowest BCUT2D eigenvalue weighted by molar-refractivity contribution is -0.121. The quantitative estimate of drug-likeness (QED) is 0.514. The van der Waals surface area contributed by atoms with Crippen LogP contribution in [0.15, 0.2) is 53.1 Å². The van der Waals surface area contributed by atoms with E-state index in [1.807, 2.05) is 42.5 Å². The van der Waals surface area contributed by atoms with Gasteiger partial charge in [0.25, 0.3) is 0 Å². The first-order valence-corrected chi connectivity index (χ1v) is 11.1. The Balaban J connectivity index is 1.29. The molecular formula is C24H26BNO6. The number of carbonyl (C=O) groups excluding carboxylic acids is 1. The molecule has 5 rings (SSSR count). The van der Waals surface area contributed by atoms with Gasteiger partial charge in [-0.15, -0.1) is 0 Å². The Hall–Kier alpha value is -2.97. The fraction of sp³-hybridized carbons (Fsp3) is 0.375. The molecule has 1 aliphatic heterocycles. The molecule has 2 heterocycles. The van der Waals surface area contributed by atoms with Crippen LogP contribution < -0.4 is 14.8 Å². The molecule has 7 nitrogen and oxygen atoms in total. The largest absolute Gasteiger partial charge is 0.486 e. The SMILES string of the molecule is O=C(Cc1ccc2c(c1)OCC1(CCCC1)O2)N[C@H](CB(O)O)c1occ2ccccc12. The maximum Gasteiger partial charge on any atom is 0.453 e. The summed E-state index contributed by atoms with van der Waals surface area (Å²) in [6, 6.07) is 12.5. The maximum absolute atomic E-state index is 12.8. The minimum absolute atomic E-state index is 0.0769. The van der Waals surface area contributed by atoms with E-state index < -0.39 is 13.2 Å². The first kappa shape index (κ1) is 20.9. The highest BCUT2D eigenvalue weighted by Crippen LogP contribution is 2.42. The average Bonchev–Trinajstić information content (AvgIpc) is 3.40. The fourth-order valence-electron chi connectivity index (χ4n) is 4.75. The molecule has 3 aromatic rings. The van der Waals surface area contributed by atoms with Crippen LogP contribution in [-0.4, -0.2) is 35.3 Å². The van der Waals surface area contributed by atoms with Crippen molar-refractivity contribution < 1.29 is 28.7 Å². The zero-order valence-electron chi connectivity index (χ0n) is 17.8. The van der Waals surface area contributed by atoms with E-state index in [1.54, 1.807) is 6.26 Å². The van der Waals surface area contributed by atoms with E-state index in [9.17, 15) is 14.8 Å². The van der Waals surface area contributed by atoms with E-state index in [0.29, 0.717) is 18.1 Å². The molecule has 0 unspecified atom stereocenters. The first-order valence-electron chi connectivity index (χ1n) is 11.1. The predicted molar refractivity (Wildman–Crippen MR) is 120 cm³/mol. The summed E-state index contributed by atoms with van der Waals surface area (Å²) in [4.78, 5) is 12.8. The van der Waals surface area contributed by atoms with Crippen LogP contribution in [0, 0.1) is 0 Å². The van der Waals surface area contributed by atoms with Gasteiger partial charge in [-0.2, -0.15) is 0 Å². The molecule has 0 radical (unpaired) electrons. The summed E-state index contributed by atoms with van der Waals surface area (Å²) in [7, 11) is -1.58. The smallest absolute Gasteiger partial charge is 0.453 e. The third kappa shape index (κ3) is 4.20. The first-order chi connectivity index (χ1) is 15.5. The normalized spacial score (nSPS) is 17.4. The standard InChI is InChI=1S/C24H26BNO6/c27-22(26-19(13-25(28)29)23-18-6-2-1-5-17(18)14-30-23)12-16-7-8-20-21(11-16)31-15-24(32-20)9-3-4-10-24/h1-2,5-8,11,14,19,28-29H,3-4,9-10,12-13,15H2,(H,26,27)/t19-/m1/s1. The summed E-state index contributed by atoms with van der Waals surface area (Å²) < 4.78 is 17.9. The van der Waals surface area contributed by atoms with Gasteiger partial charge in [-0.25, -0.2) is 0 Å². The molecule has 0 bridgehead atoms. The number of amides is 1. The van der Waals surface area contributed by atoms with Crippen LogP contribution in [0.3, 0.4) is 0 Å². The van der Waals surface area contributed by atoms with Crippen LogP contribution in [-0.2, 0) is 11.2 Å². The van der Waals surface area contributed by atoms with Crippen LogP contribution in [0.1, 0.15) is 43.0 Å². The van der Waals surface area contributed by atoms with Crippen molar-refractivity contribution in [2.45, 2.75) is 50.1 Å². The molecular weight excluding hydrogens is 409 g/mol. The minimum Gasteiger partial charge on any atom is -0.486 e. The number of hydrogen-bond acceptors (Lipinski definition) is 6. The van der Waals surface area contributed by atoms with Gasteiger partial charge < -0.3 is 29.3 Å². The van der Waals surface area contributed by atoms with Crippen LogP contribution in [0.2, 0.25) is 6.32 Å². The Labute approximate surface area is 186 Å². The van der Waals surface area contributed by atoms with Crippen molar-refractivity contribution >= 4 is 23.8 Å². The lowest BCUT2D eigenvalue weighted by atomic mass is 9.80. The van der Waals surface area contributed by atoms with Crippen LogP contribution in [0.4, 0.5) is 0 Å². The molecule has 2 aliphatic rings. The van der Waals surface area contributed by atoms with Gasteiger partial charge in [-0.05, 0) is 43.4 Å². The molecule has 0 saturated heterocycles. The fourth-order valence-corrected chi connectivity index (χ4v) is 4.75. The summed E-state index contributed by atoms with van der Waals surface area (Å²) in [5, 5.41) is 23.7. The van der Waals surface area contributed by atoms with Gasteiger partial charge in [0.05, 0.1) is 18.7 Å². The summed E-state index contributed by atoms with van der Waals surface area (Å²) in [5.74, 6) is 1.64. The van der Waals surface area contributed by atoms with Gasteiger partial charge in [0.2, 0.25) is 5.91 Å². The van der Waals surface area contributed by atoms with E-state index >= 15 is 0 Å². The number of furan rings is 1. The van der Waals surface area contributed by atoms with E-state index in [4.69, 9.17) is 13.9 Å². The molecule has 32 heavy (non-hydrogen) atoms. The van der Waals surface area contributed by atoms with Crippen molar-refractivity contribution in [3.63, 3.8) is 0 Å². The van der Waals surface area contributed by atoms with Crippen molar-refractivity contribution in [2.75, 3.05) is 6.61 Å². The van der Waals surface area contributed by atoms with Crippen LogP contribution in [0.25, 0.3) is 10.8 Å². The van der Waals surface area contributed by atoms with Crippen LogP contribution in [0.5, 0.6) is 11.5 Å². The van der Waals surface area contributed by atoms with Gasteiger partial charge in [0, 0.05) is 17.1 Å². The highest BCUT2D eigenvalue weighted by Gasteiger charge is 2.40. The predicted octanol–water partition coefficient (Wildman–Crippen LogP) is 3.39. The molecule has 1 saturated carbocycles. The van der Waals surface area contributed by atoms with Crippen LogP contribution >= 0.6 is 0 Å². The zero-order valence-corrected chi connectivity index (χ0v) is 17.8. The van der Waals surface area contributed by atoms with E-state index in [-0.39, 0.29) is 24.2 Å². The second kappa shape index (κ2) is 8.52. The molecule has 166 valence electrons. The van der Waals surface area contributed by atoms with E-state index in [2.05, 4.69) is 5.32 Å². The Bertz CT molecular complexity index is 1120. The highest BCUT2D eigenvalue weighted by molar-refractivity contribution is 6.41. The molecule has 8 heteroatoms. The van der Waals surface area contributed by atoms with Crippen molar-refractivity contribution in [2.24, 2.45) is 0 Å². The molecule has 1 amide bonds. The third-order valence-electron chi connectivity index (χ3n) is 6.34. The number of benzene rings is 2. The molecule has 1 aliphatic carbocycles. The molecule has 3 N–H and O–H groups in total. The average molecular weight is 435 g/mol. The number of carbonyl (C=O) groups is 1. The van der Waals surface area contributed by atoms with Crippen molar-refractivity contribution in [1.29, 1.82) is 0 Å². The van der Waals surface area contributed by atoms with Crippen molar-refractivity contribution in [1.82, 2.24) is 5.32 Å². The van der Waals surface area contributed by atoms with Gasteiger partial charge in [0.15, 0.2) is 11.5 Å². The summed E-state index contributed by atoms with van der Waals surface area (Å²) in [6.45, 7) is 0.539. The van der Waals surface area contributed by atoms with E-state index in [1.165, 1.54) is 0 Å². The van der Waals surface area contributed by atoms with Gasteiger partial charge in [-0.3, -0.25) is 4.79 Å². The Morgan fingerprint density at radius 3 is 2.75 bits per heavy atom. The second-order valence-electron chi connectivity index (χ2n) is 8.76. The molecule has 1 spiro atoms. The monoisotopic (exact) mass is 435 g/mol. The number of ether oxygens (including phenoxy) is 2. The Kier molecular flexibility index (Phi) is 5.57. The maximum atomic E-state index is 12.8. The summed E-state index contributed by atoms with van der Waals surface area (Å²) in [5.41, 5.74) is 0.593. The number of nitrogens with one attached hydrogen (secondary N) is 1. The number of fused-ring (bicyclic) bond motifs is 2. The molecule has 1 atom stereocenters.